The Balaban J connectivity index is 2.42. The largest absolute Gasteiger partial charge is 0.300 e. The molecule has 0 aliphatic carbocycles. The van der Waals surface area contributed by atoms with Gasteiger partial charge in [0.1, 0.15) is 12.1 Å². The van der Waals surface area contributed by atoms with Crippen LogP contribution in [0.1, 0.15) is 12.5 Å². The van der Waals surface area contributed by atoms with E-state index in [0.717, 1.165) is 11.3 Å². The molecular weight excluding hydrogens is 192 g/mol. The molecule has 1 aromatic carbocycles. The van der Waals surface area contributed by atoms with Crippen molar-refractivity contribution in [3.8, 4) is 5.69 Å². The van der Waals surface area contributed by atoms with Crippen LogP contribution in [0.5, 0.6) is 0 Å². The van der Waals surface area contributed by atoms with Gasteiger partial charge in [-0.05, 0) is 29.0 Å². The molecule has 0 atom stereocenters. The molecule has 0 aliphatic heterocycles. The van der Waals surface area contributed by atoms with Gasteiger partial charge in [0.05, 0.1) is 5.69 Å². The lowest BCUT2D eigenvalue weighted by atomic mass is 10.1. The summed E-state index contributed by atoms with van der Waals surface area (Å²) in [5.74, 6) is 0.121. The highest BCUT2D eigenvalue weighted by Gasteiger charge is 2.06. The van der Waals surface area contributed by atoms with Gasteiger partial charge in [0, 0.05) is 6.42 Å². The van der Waals surface area contributed by atoms with Crippen molar-refractivity contribution in [1.29, 1.82) is 0 Å². The van der Waals surface area contributed by atoms with Crippen LogP contribution in [0.4, 0.5) is 0 Å². The fourth-order valence-corrected chi connectivity index (χ4v) is 1.42. The number of hydrogen-bond donors (Lipinski definition) is 0. The molecule has 0 unspecified atom stereocenters. The van der Waals surface area contributed by atoms with E-state index in [4.69, 9.17) is 0 Å². The van der Waals surface area contributed by atoms with Gasteiger partial charge >= 0.3 is 0 Å². The molecule has 0 saturated heterocycles. The van der Waals surface area contributed by atoms with E-state index in [1.807, 2.05) is 24.3 Å². The molecule has 0 fully saturated rings. The van der Waals surface area contributed by atoms with Gasteiger partial charge in [-0.2, -0.15) is 0 Å². The lowest BCUT2D eigenvalue weighted by Crippen LogP contribution is -2.04. The summed E-state index contributed by atoms with van der Waals surface area (Å²) in [7, 11) is 0. The molecular formula is C10H10N4O. The van der Waals surface area contributed by atoms with Crippen molar-refractivity contribution in [2.24, 2.45) is 0 Å². The van der Waals surface area contributed by atoms with Crippen LogP contribution in [0.15, 0.2) is 30.6 Å². The molecule has 0 spiro atoms. The van der Waals surface area contributed by atoms with Crippen molar-refractivity contribution >= 4 is 5.78 Å². The first-order chi connectivity index (χ1) is 7.27. The Bertz CT molecular complexity index is 464. The average molecular weight is 202 g/mol. The Morgan fingerprint density at radius 2 is 2.20 bits per heavy atom. The molecule has 0 N–H and O–H groups in total. The van der Waals surface area contributed by atoms with E-state index in [1.165, 1.54) is 6.33 Å². The van der Waals surface area contributed by atoms with Crippen LogP contribution < -0.4 is 0 Å². The number of nitrogens with zero attached hydrogens (tertiary/aromatic N) is 4. The molecule has 2 rings (SSSR count). The van der Waals surface area contributed by atoms with Crippen molar-refractivity contribution < 1.29 is 4.79 Å². The number of tetrazole rings is 1. The number of aromatic nitrogens is 4. The maximum Gasteiger partial charge on any atom is 0.143 e. The summed E-state index contributed by atoms with van der Waals surface area (Å²) in [6, 6.07) is 7.57. The molecule has 76 valence electrons. The maximum atomic E-state index is 11.1. The van der Waals surface area contributed by atoms with Gasteiger partial charge in [-0.25, -0.2) is 4.68 Å². The van der Waals surface area contributed by atoms with Crippen LogP contribution in [-0.2, 0) is 11.2 Å². The van der Waals surface area contributed by atoms with Crippen LogP contribution >= 0.6 is 0 Å². The Morgan fingerprint density at radius 1 is 1.40 bits per heavy atom. The second-order valence-electron chi connectivity index (χ2n) is 3.26. The van der Waals surface area contributed by atoms with Gasteiger partial charge in [-0.15, -0.1) is 5.10 Å². The van der Waals surface area contributed by atoms with Gasteiger partial charge in [0.25, 0.3) is 0 Å². The number of Topliss-reactive ketones (excluding diaryl/α,β-unsaturated/α-hetero) is 1. The van der Waals surface area contributed by atoms with E-state index >= 15 is 0 Å². The van der Waals surface area contributed by atoms with Crippen molar-refractivity contribution in [3.05, 3.63) is 36.2 Å². The molecule has 0 bridgehead atoms. The predicted octanol–water partition coefficient (Wildman–Crippen LogP) is 0.794. The molecule has 0 amide bonds. The molecule has 0 saturated carbocycles. The maximum absolute atomic E-state index is 11.1. The fraction of sp³-hybridized carbons (Fsp3) is 0.200. The molecule has 5 heteroatoms. The van der Waals surface area contributed by atoms with Crippen LogP contribution in [-0.4, -0.2) is 26.0 Å². The van der Waals surface area contributed by atoms with Crippen LogP contribution in [0.2, 0.25) is 0 Å². The molecule has 2 aromatic rings. The standard InChI is InChI=1S/C10H10N4O/c1-8(15)6-9-4-2-3-5-10(9)14-7-11-12-13-14/h2-5,7H,6H2,1H3. The fourth-order valence-electron chi connectivity index (χ4n) is 1.42. The highest BCUT2D eigenvalue weighted by Crippen LogP contribution is 2.13. The highest BCUT2D eigenvalue weighted by atomic mass is 16.1. The summed E-state index contributed by atoms with van der Waals surface area (Å²) in [5, 5.41) is 10.9. The minimum atomic E-state index is 0.121. The smallest absolute Gasteiger partial charge is 0.143 e. The molecule has 15 heavy (non-hydrogen) atoms. The molecule has 0 radical (unpaired) electrons. The monoisotopic (exact) mass is 202 g/mol. The number of benzene rings is 1. The van der Waals surface area contributed by atoms with Crippen LogP contribution in [0.3, 0.4) is 0 Å². The van der Waals surface area contributed by atoms with Gasteiger partial charge in [-0.1, -0.05) is 18.2 Å². The van der Waals surface area contributed by atoms with Gasteiger partial charge in [0.15, 0.2) is 0 Å². The summed E-state index contributed by atoms with van der Waals surface area (Å²) >= 11 is 0. The second kappa shape index (κ2) is 4.00. The first-order valence-corrected chi connectivity index (χ1v) is 4.58. The summed E-state index contributed by atoms with van der Waals surface area (Å²) in [4.78, 5) is 11.1. The first-order valence-electron chi connectivity index (χ1n) is 4.58. The summed E-state index contributed by atoms with van der Waals surface area (Å²) in [6.45, 7) is 1.57. The van der Waals surface area contributed by atoms with Crippen molar-refractivity contribution in [2.45, 2.75) is 13.3 Å². The Morgan fingerprint density at radius 3 is 2.87 bits per heavy atom. The first kappa shape index (κ1) is 9.51. The number of hydrogen-bond acceptors (Lipinski definition) is 4. The number of carbonyl (C=O) groups excluding carboxylic acids is 1. The number of carbonyl (C=O) groups is 1. The van der Waals surface area contributed by atoms with Gasteiger partial charge < -0.3 is 0 Å². The lowest BCUT2D eigenvalue weighted by Gasteiger charge is -2.05. The SMILES string of the molecule is CC(=O)Cc1ccccc1-n1cnnn1. The van der Waals surface area contributed by atoms with E-state index in [1.54, 1.807) is 11.6 Å². The van der Waals surface area contributed by atoms with E-state index in [2.05, 4.69) is 15.5 Å². The van der Waals surface area contributed by atoms with Gasteiger partial charge in [-0.3, -0.25) is 4.79 Å². The summed E-state index contributed by atoms with van der Waals surface area (Å²) < 4.78 is 1.55. The third-order valence-corrected chi connectivity index (χ3v) is 2.03. The zero-order chi connectivity index (χ0) is 10.7. The van der Waals surface area contributed by atoms with Gasteiger partial charge in [0.2, 0.25) is 0 Å². The zero-order valence-electron chi connectivity index (χ0n) is 8.29. The normalized spacial score (nSPS) is 10.2. The average Bonchev–Trinajstić information content (AvgIpc) is 2.70. The topological polar surface area (TPSA) is 60.7 Å². The zero-order valence-corrected chi connectivity index (χ0v) is 8.29. The lowest BCUT2D eigenvalue weighted by molar-refractivity contribution is -0.116. The molecule has 1 aromatic heterocycles. The van der Waals surface area contributed by atoms with Crippen LogP contribution in [0, 0.1) is 0 Å². The number of rotatable bonds is 3. The Labute approximate surface area is 86.7 Å². The minimum Gasteiger partial charge on any atom is -0.300 e. The highest BCUT2D eigenvalue weighted by molar-refractivity contribution is 5.79. The Hall–Kier alpha value is -2.04. The summed E-state index contributed by atoms with van der Waals surface area (Å²) in [6.07, 6.45) is 1.91. The van der Waals surface area contributed by atoms with E-state index in [0.29, 0.717) is 6.42 Å². The third kappa shape index (κ3) is 2.07. The minimum absolute atomic E-state index is 0.121. The Kier molecular flexibility index (Phi) is 2.53. The van der Waals surface area contributed by atoms with Crippen LogP contribution in [0.25, 0.3) is 5.69 Å². The molecule has 0 aliphatic rings. The van der Waals surface area contributed by atoms with E-state index in [9.17, 15) is 4.79 Å². The number of ketones is 1. The molecule has 1 heterocycles. The van der Waals surface area contributed by atoms with E-state index < -0.39 is 0 Å². The predicted molar refractivity (Wildman–Crippen MR) is 53.5 cm³/mol. The van der Waals surface area contributed by atoms with Crippen molar-refractivity contribution in [1.82, 2.24) is 20.2 Å². The third-order valence-electron chi connectivity index (χ3n) is 2.03. The van der Waals surface area contributed by atoms with E-state index in [-0.39, 0.29) is 5.78 Å². The summed E-state index contributed by atoms with van der Waals surface area (Å²) in [5.41, 5.74) is 1.77. The second-order valence-corrected chi connectivity index (χ2v) is 3.26. The quantitative estimate of drug-likeness (QED) is 0.738. The molecule has 5 nitrogen and oxygen atoms in total. The number of para-hydroxylation sites is 1. The van der Waals surface area contributed by atoms with Crippen molar-refractivity contribution in [3.63, 3.8) is 0 Å². The van der Waals surface area contributed by atoms with Crippen molar-refractivity contribution in [2.75, 3.05) is 0 Å².